The van der Waals surface area contributed by atoms with Crippen molar-refractivity contribution in [3.8, 4) is 0 Å². The largest absolute Gasteiger partial charge is 0.350 e. The standard InChI is InChI=1S/C13H17N5S/c1-13(2,3)17-11-15-9-18(12(19)16-11)8-10-5-4-6-14-7-10/h4-7,9H,8H2,1-3H3,(H,16,17,19). The molecule has 0 aliphatic heterocycles. The van der Waals surface area contributed by atoms with Crippen molar-refractivity contribution in [3.05, 3.63) is 41.2 Å². The Morgan fingerprint density at radius 2 is 2.16 bits per heavy atom. The summed E-state index contributed by atoms with van der Waals surface area (Å²) < 4.78 is 2.32. The summed E-state index contributed by atoms with van der Waals surface area (Å²) in [6.07, 6.45) is 5.26. The number of rotatable bonds is 3. The first-order chi connectivity index (χ1) is 8.94. The molecule has 0 atom stereocenters. The van der Waals surface area contributed by atoms with E-state index in [2.05, 4.69) is 41.0 Å². The fourth-order valence-corrected chi connectivity index (χ4v) is 1.75. The number of pyridine rings is 1. The fourth-order valence-electron chi connectivity index (χ4n) is 1.55. The molecule has 1 N–H and O–H groups in total. The van der Waals surface area contributed by atoms with Crippen molar-refractivity contribution in [1.82, 2.24) is 19.5 Å². The van der Waals surface area contributed by atoms with Crippen LogP contribution in [0.2, 0.25) is 0 Å². The van der Waals surface area contributed by atoms with Gasteiger partial charge >= 0.3 is 0 Å². The van der Waals surface area contributed by atoms with Gasteiger partial charge < -0.3 is 9.88 Å². The lowest BCUT2D eigenvalue weighted by atomic mass is 10.1. The molecule has 0 amide bonds. The molecular formula is C13H17N5S. The molecule has 0 fully saturated rings. The minimum Gasteiger partial charge on any atom is -0.350 e. The maximum absolute atomic E-state index is 5.28. The van der Waals surface area contributed by atoms with Crippen molar-refractivity contribution in [1.29, 1.82) is 0 Å². The van der Waals surface area contributed by atoms with Gasteiger partial charge in [-0.05, 0) is 44.6 Å². The Hall–Kier alpha value is -1.82. The van der Waals surface area contributed by atoms with Gasteiger partial charge in [0.05, 0.1) is 6.54 Å². The van der Waals surface area contributed by atoms with Gasteiger partial charge in [-0.2, -0.15) is 4.98 Å². The monoisotopic (exact) mass is 275 g/mol. The lowest BCUT2D eigenvalue weighted by Gasteiger charge is -2.20. The van der Waals surface area contributed by atoms with Crippen LogP contribution in [0.4, 0.5) is 5.95 Å². The minimum absolute atomic E-state index is 0.0860. The third-order valence-corrected chi connectivity index (χ3v) is 2.65. The Kier molecular flexibility index (Phi) is 3.90. The smallest absolute Gasteiger partial charge is 0.227 e. The van der Waals surface area contributed by atoms with Gasteiger partial charge in [-0.15, -0.1) is 0 Å². The van der Waals surface area contributed by atoms with Crippen molar-refractivity contribution in [2.75, 3.05) is 5.32 Å². The van der Waals surface area contributed by atoms with E-state index in [0.717, 1.165) is 5.56 Å². The molecule has 0 spiro atoms. The molecule has 100 valence electrons. The molecule has 0 saturated heterocycles. The first-order valence-corrected chi connectivity index (χ1v) is 6.45. The fraction of sp³-hybridized carbons (Fsp3) is 0.385. The van der Waals surface area contributed by atoms with E-state index < -0.39 is 0 Å². The summed E-state index contributed by atoms with van der Waals surface area (Å²) in [6.45, 7) is 6.78. The Balaban J connectivity index is 2.18. The summed E-state index contributed by atoms with van der Waals surface area (Å²) in [5.74, 6) is 0.555. The van der Waals surface area contributed by atoms with Crippen molar-refractivity contribution in [3.63, 3.8) is 0 Å². The van der Waals surface area contributed by atoms with Crippen LogP contribution in [0.1, 0.15) is 26.3 Å². The molecule has 2 heterocycles. The maximum atomic E-state index is 5.28. The topological polar surface area (TPSA) is 55.6 Å². The zero-order valence-corrected chi connectivity index (χ0v) is 12.1. The molecule has 0 unspecified atom stereocenters. The first-order valence-electron chi connectivity index (χ1n) is 6.05. The zero-order chi connectivity index (χ0) is 13.9. The second-order valence-corrected chi connectivity index (χ2v) is 5.69. The summed E-state index contributed by atoms with van der Waals surface area (Å²) in [6, 6.07) is 3.89. The normalized spacial score (nSPS) is 11.3. The Labute approximate surface area is 117 Å². The number of hydrogen-bond donors (Lipinski definition) is 1. The Morgan fingerprint density at radius 3 is 2.74 bits per heavy atom. The third-order valence-electron chi connectivity index (χ3n) is 2.33. The molecule has 2 aromatic rings. The summed E-state index contributed by atoms with van der Waals surface area (Å²) in [7, 11) is 0. The van der Waals surface area contributed by atoms with Crippen molar-refractivity contribution in [2.45, 2.75) is 32.9 Å². The van der Waals surface area contributed by atoms with Crippen LogP contribution in [0.5, 0.6) is 0 Å². The van der Waals surface area contributed by atoms with Crippen LogP contribution in [0.25, 0.3) is 0 Å². The zero-order valence-electron chi connectivity index (χ0n) is 11.3. The van der Waals surface area contributed by atoms with Gasteiger partial charge in [-0.1, -0.05) is 6.07 Å². The van der Waals surface area contributed by atoms with Crippen molar-refractivity contribution < 1.29 is 0 Å². The lowest BCUT2D eigenvalue weighted by molar-refractivity contribution is 0.619. The van der Waals surface area contributed by atoms with Gasteiger partial charge in [-0.3, -0.25) is 4.98 Å². The Bertz CT molecular complexity index is 600. The third kappa shape index (κ3) is 4.10. The predicted octanol–water partition coefficient (Wildman–Crippen LogP) is 2.66. The molecule has 0 bridgehead atoms. The van der Waals surface area contributed by atoms with E-state index in [4.69, 9.17) is 12.2 Å². The quantitative estimate of drug-likeness (QED) is 0.873. The second kappa shape index (κ2) is 5.44. The van der Waals surface area contributed by atoms with Gasteiger partial charge in [0.2, 0.25) is 10.7 Å². The van der Waals surface area contributed by atoms with Gasteiger partial charge in [0, 0.05) is 17.9 Å². The number of nitrogens with zero attached hydrogens (tertiary/aromatic N) is 4. The molecule has 2 rings (SSSR count). The molecule has 5 nitrogen and oxygen atoms in total. The number of nitrogens with one attached hydrogen (secondary N) is 1. The minimum atomic E-state index is -0.0860. The van der Waals surface area contributed by atoms with Crippen LogP contribution in [-0.2, 0) is 6.54 Å². The predicted molar refractivity (Wildman–Crippen MR) is 77.6 cm³/mol. The van der Waals surface area contributed by atoms with E-state index in [1.165, 1.54) is 0 Å². The average molecular weight is 275 g/mol. The highest BCUT2D eigenvalue weighted by molar-refractivity contribution is 7.71. The van der Waals surface area contributed by atoms with Crippen LogP contribution >= 0.6 is 12.2 Å². The highest BCUT2D eigenvalue weighted by atomic mass is 32.1. The van der Waals surface area contributed by atoms with E-state index in [1.54, 1.807) is 12.5 Å². The first kappa shape index (κ1) is 13.6. The molecule has 19 heavy (non-hydrogen) atoms. The van der Waals surface area contributed by atoms with E-state index >= 15 is 0 Å². The van der Waals surface area contributed by atoms with Crippen LogP contribution in [-0.4, -0.2) is 25.1 Å². The van der Waals surface area contributed by atoms with Gasteiger partial charge in [0.25, 0.3) is 0 Å². The van der Waals surface area contributed by atoms with E-state index in [-0.39, 0.29) is 5.54 Å². The molecule has 0 radical (unpaired) electrons. The van der Waals surface area contributed by atoms with Gasteiger partial charge in [0.15, 0.2) is 0 Å². The Morgan fingerprint density at radius 1 is 1.37 bits per heavy atom. The van der Waals surface area contributed by atoms with Gasteiger partial charge in [-0.25, -0.2) is 4.98 Å². The molecule has 0 aliphatic rings. The average Bonchev–Trinajstić information content (AvgIpc) is 2.32. The van der Waals surface area contributed by atoms with Gasteiger partial charge in [0.1, 0.15) is 6.33 Å². The van der Waals surface area contributed by atoms with Crippen LogP contribution in [0, 0.1) is 4.77 Å². The molecule has 2 aromatic heterocycles. The summed E-state index contributed by atoms with van der Waals surface area (Å²) in [5, 5.41) is 3.20. The molecular weight excluding hydrogens is 258 g/mol. The van der Waals surface area contributed by atoms with Crippen LogP contribution in [0.15, 0.2) is 30.9 Å². The maximum Gasteiger partial charge on any atom is 0.227 e. The molecule has 6 heteroatoms. The molecule has 0 saturated carbocycles. The van der Waals surface area contributed by atoms with Crippen molar-refractivity contribution >= 4 is 18.2 Å². The van der Waals surface area contributed by atoms with Crippen molar-refractivity contribution in [2.24, 2.45) is 0 Å². The van der Waals surface area contributed by atoms with Crippen LogP contribution in [0.3, 0.4) is 0 Å². The number of anilines is 1. The lowest BCUT2D eigenvalue weighted by Crippen LogP contribution is -2.27. The highest BCUT2D eigenvalue weighted by Gasteiger charge is 2.11. The SMILES string of the molecule is CC(C)(C)Nc1ncn(Cc2cccnc2)c(=S)n1. The van der Waals surface area contributed by atoms with E-state index in [9.17, 15) is 0 Å². The molecule has 0 aliphatic carbocycles. The number of hydrogen-bond acceptors (Lipinski definition) is 5. The second-order valence-electron chi connectivity index (χ2n) is 5.33. The summed E-state index contributed by atoms with van der Waals surface area (Å²) in [4.78, 5) is 12.6. The van der Waals surface area contributed by atoms with Crippen LogP contribution < -0.4 is 5.32 Å². The highest BCUT2D eigenvalue weighted by Crippen LogP contribution is 2.09. The molecule has 0 aromatic carbocycles. The summed E-state index contributed by atoms with van der Waals surface area (Å²) >= 11 is 5.28. The van der Waals surface area contributed by atoms with E-state index in [1.807, 2.05) is 22.9 Å². The summed E-state index contributed by atoms with van der Waals surface area (Å²) in [5.41, 5.74) is 0.982. The van der Waals surface area contributed by atoms with E-state index in [0.29, 0.717) is 17.3 Å². The number of aromatic nitrogens is 4.